The van der Waals surface area contributed by atoms with Gasteiger partial charge in [0, 0.05) is 12.7 Å². The fourth-order valence-electron chi connectivity index (χ4n) is 1.79. The molecular formula is C14H11ClF4N2. The van der Waals surface area contributed by atoms with Crippen LogP contribution in [0.4, 0.5) is 23.2 Å². The molecule has 1 N–H and O–H groups in total. The molecule has 0 atom stereocenters. The van der Waals surface area contributed by atoms with E-state index in [1.54, 1.807) is 19.2 Å². The summed E-state index contributed by atoms with van der Waals surface area (Å²) in [6.45, 7) is 1.81. The van der Waals surface area contributed by atoms with Crippen LogP contribution in [-0.2, 0) is 12.7 Å². The molecule has 2 nitrogen and oxygen atoms in total. The van der Waals surface area contributed by atoms with E-state index in [0.29, 0.717) is 11.8 Å². The first-order valence-corrected chi connectivity index (χ1v) is 6.36. The summed E-state index contributed by atoms with van der Waals surface area (Å²) in [6.07, 6.45) is -3.02. The van der Waals surface area contributed by atoms with E-state index in [2.05, 4.69) is 10.3 Å². The number of benzene rings is 1. The highest BCUT2D eigenvalue weighted by Gasteiger charge is 2.31. The van der Waals surface area contributed by atoms with Gasteiger partial charge in [0.2, 0.25) is 0 Å². The normalized spacial score (nSPS) is 11.5. The molecule has 0 saturated carbocycles. The molecule has 112 valence electrons. The molecule has 1 aromatic carbocycles. The van der Waals surface area contributed by atoms with E-state index < -0.39 is 17.6 Å². The van der Waals surface area contributed by atoms with Gasteiger partial charge in [-0.2, -0.15) is 13.2 Å². The molecule has 1 aromatic heterocycles. The summed E-state index contributed by atoms with van der Waals surface area (Å²) in [6, 6.07) is 4.11. The minimum Gasteiger partial charge on any atom is -0.378 e. The number of alkyl halides is 3. The van der Waals surface area contributed by atoms with E-state index in [1.807, 2.05) is 0 Å². The van der Waals surface area contributed by atoms with Crippen LogP contribution in [0.3, 0.4) is 0 Å². The van der Waals surface area contributed by atoms with Crippen LogP contribution < -0.4 is 5.32 Å². The predicted octanol–water partition coefficient (Wildman–Crippen LogP) is 4.81. The van der Waals surface area contributed by atoms with Gasteiger partial charge in [0.15, 0.2) is 5.15 Å². The van der Waals surface area contributed by atoms with Crippen LogP contribution in [0, 0.1) is 12.7 Å². The molecule has 0 bridgehead atoms. The summed E-state index contributed by atoms with van der Waals surface area (Å²) in [4.78, 5) is 3.91. The zero-order valence-electron chi connectivity index (χ0n) is 10.9. The summed E-state index contributed by atoms with van der Waals surface area (Å²) in [5, 5.41) is 3.05. The number of anilines is 1. The van der Waals surface area contributed by atoms with Crippen LogP contribution in [0.25, 0.3) is 0 Å². The lowest BCUT2D eigenvalue weighted by Gasteiger charge is -2.12. The topological polar surface area (TPSA) is 24.9 Å². The van der Waals surface area contributed by atoms with Crippen LogP contribution in [0.5, 0.6) is 0 Å². The highest BCUT2D eigenvalue weighted by molar-refractivity contribution is 6.31. The first-order valence-electron chi connectivity index (χ1n) is 5.98. The number of nitrogens with zero attached hydrogens (tertiary/aromatic N) is 1. The maximum atomic E-state index is 13.3. The summed E-state index contributed by atoms with van der Waals surface area (Å²) in [7, 11) is 0. The van der Waals surface area contributed by atoms with Crippen molar-refractivity contribution in [2.75, 3.05) is 5.32 Å². The Bertz CT molecular complexity index is 656. The van der Waals surface area contributed by atoms with Gasteiger partial charge >= 0.3 is 6.18 Å². The molecule has 7 heteroatoms. The maximum Gasteiger partial charge on any atom is 0.416 e. The molecule has 0 unspecified atom stereocenters. The zero-order valence-corrected chi connectivity index (χ0v) is 11.7. The third-order valence-corrected chi connectivity index (χ3v) is 3.04. The average Bonchev–Trinajstić information content (AvgIpc) is 2.38. The van der Waals surface area contributed by atoms with Gasteiger partial charge in [-0.25, -0.2) is 9.37 Å². The summed E-state index contributed by atoms with van der Waals surface area (Å²) in [5.41, 5.74) is 0.472. The van der Waals surface area contributed by atoms with E-state index in [4.69, 9.17) is 11.6 Å². The Kier molecular flexibility index (Phi) is 4.37. The predicted molar refractivity (Wildman–Crippen MR) is 72.7 cm³/mol. The van der Waals surface area contributed by atoms with Crippen LogP contribution in [-0.4, -0.2) is 4.98 Å². The lowest BCUT2D eigenvalue weighted by molar-refractivity contribution is -0.137. The largest absolute Gasteiger partial charge is 0.416 e. The molecule has 2 rings (SSSR count). The van der Waals surface area contributed by atoms with Gasteiger partial charge in [0.05, 0.1) is 11.3 Å². The van der Waals surface area contributed by atoms with E-state index in [1.165, 1.54) is 0 Å². The summed E-state index contributed by atoms with van der Waals surface area (Å²) in [5.74, 6) is -0.935. The minimum atomic E-state index is -4.58. The Labute approximate surface area is 123 Å². The number of rotatable bonds is 3. The Balaban J connectivity index is 2.20. The van der Waals surface area contributed by atoms with Gasteiger partial charge < -0.3 is 5.32 Å². The van der Waals surface area contributed by atoms with Crippen molar-refractivity contribution < 1.29 is 17.6 Å². The van der Waals surface area contributed by atoms with Gasteiger partial charge in [-0.1, -0.05) is 11.6 Å². The molecule has 0 fully saturated rings. The second-order valence-corrected chi connectivity index (χ2v) is 4.91. The second-order valence-electron chi connectivity index (χ2n) is 4.55. The van der Waals surface area contributed by atoms with Gasteiger partial charge in [-0.15, -0.1) is 0 Å². The van der Waals surface area contributed by atoms with Gasteiger partial charge in [0.1, 0.15) is 5.82 Å². The smallest absolute Gasteiger partial charge is 0.378 e. The van der Waals surface area contributed by atoms with E-state index in [0.717, 1.165) is 17.7 Å². The first-order chi connectivity index (χ1) is 9.75. The second kappa shape index (κ2) is 5.89. The molecule has 2 aromatic rings. The highest BCUT2D eigenvalue weighted by atomic mass is 35.5. The lowest BCUT2D eigenvalue weighted by atomic mass is 10.1. The third kappa shape index (κ3) is 4.07. The van der Waals surface area contributed by atoms with Crippen molar-refractivity contribution in [2.24, 2.45) is 0 Å². The Morgan fingerprint density at radius 3 is 2.57 bits per heavy atom. The molecular weight excluding hydrogens is 308 g/mol. The molecule has 21 heavy (non-hydrogen) atoms. The maximum absolute atomic E-state index is 13.3. The SMILES string of the molecule is Cc1cnc(Cl)c(NCc2cc(F)cc(C(F)(F)F)c2)c1. The van der Waals surface area contributed by atoms with Crippen molar-refractivity contribution >= 4 is 17.3 Å². The van der Waals surface area contributed by atoms with E-state index in [-0.39, 0.29) is 17.3 Å². The van der Waals surface area contributed by atoms with Gasteiger partial charge in [0.25, 0.3) is 0 Å². The van der Waals surface area contributed by atoms with Crippen LogP contribution in [0.1, 0.15) is 16.7 Å². The summed E-state index contributed by atoms with van der Waals surface area (Å²) < 4.78 is 51.1. The van der Waals surface area contributed by atoms with E-state index >= 15 is 0 Å². The molecule has 0 aliphatic rings. The average molecular weight is 319 g/mol. The van der Waals surface area contributed by atoms with Crippen molar-refractivity contribution in [3.8, 4) is 0 Å². The van der Waals surface area contributed by atoms with Crippen molar-refractivity contribution in [1.82, 2.24) is 4.98 Å². The zero-order chi connectivity index (χ0) is 15.6. The van der Waals surface area contributed by atoms with E-state index in [9.17, 15) is 17.6 Å². The van der Waals surface area contributed by atoms with Crippen molar-refractivity contribution in [3.63, 3.8) is 0 Å². The molecule has 0 aliphatic carbocycles. The summed E-state index contributed by atoms with van der Waals surface area (Å²) >= 11 is 5.87. The van der Waals surface area contributed by atoms with Crippen molar-refractivity contribution in [3.05, 3.63) is 58.1 Å². The van der Waals surface area contributed by atoms with Crippen molar-refractivity contribution in [1.29, 1.82) is 0 Å². The van der Waals surface area contributed by atoms with Crippen LogP contribution >= 0.6 is 11.6 Å². The first kappa shape index (κ1) is 15.6. The van der Waals surface area contributed by atoms with Crippen molar-refractivity contribution in [2.45, 2.75) is 19.6 Å². The molecule has 0 radical (unpaired) electrons. The lowest BCUT2D eigenvalue weighted by Crippen LogP contribution is -2.08. The monoisotopic (exact) mass is 318 g/mol. The quantitative estimate of drug-likeness (QED) is 0.648. The van der Waals surface area contributed by atoms with Crippen LogP contribution in [0.15, 0.2) is 30.5 Å². The minimum absolute atomic E-state index is 0.00565. The number of halogens is 5. The Morgan fingerprint density at radius 1 is 1.19 bits per heavy atom. The highest BCUT2D eigenvalue weighted by Crippen LogP contribution is 2.30. The fourth-order valence-corrected chi connectivity index (χ4v) is 1.96. The standard InChI is InChI=1S/C14H11ClF4N2/c1-8-2-12(13(15)21-6-8)20-7-9-3-10(14(17,18)19)5-11(16)4-9/h2-6,20H,7H2,1H3. The number of hydrogen-bond donors (Lipinski definition) is 1. The van der Waals surface area contributed by atoms with Gasteiger partial charge in [-0.3, -0.25) is 0 Å². The molecule has 0 saturated heterocycles. The Morgan fingerprint density at radius 2 is 1.90 bits per heavy atom. The molecule has 0 aliphatic heterocycles. The fraction of sp³-hybridized carbons (Fsp3) is 0.214. The number of aromatic nitrogens is 1. The molecule has 1 heterocycles. The van der Waals surface area contributed by atoms with Crippen LogP contribution in [0.2, 0.25) is 5.15 Å². The molecule has 0 amide bonds. The third-order valence-electron chi connectivity index (χ3n) is 2.74. The number of hydrogen-bond acceptors (Lipinski definition) is 2. The van der Waals surface area contributed by atoms with Gasteiger partial charge in [-0.05, 0) is 42.3 Å². The number of pyridine rings is 1. The molecule has 0 spiro atoms. The number of aryl methyl sites for hydroxylation is 1. The number of nitrogens with one attached hydrogen (secondary N) is 1. The Hall–Kier alpha value is -1.82.